The van der Waals surface area contributed by atoms with E-state index in [9.17, 15) is 0 Å². The van der Waals surface area contributed by atoms with Crippen LogP contribution in [0.3, 0.4) is 0 Å². The highest BCUT2D eigenvalue weighted by molar-refractivity contribution is 6.10. The summed E-state index contributed by atoms with van der Waals surface area (Å²) in [5.74, 6) is 0. The quantitative estimate of drug-likeness (QED) is 0.401. The normalized spacial score (nSPS) is 21.5. The zero-order valence-corrected chi connectivity index (χ0v) is 15.7. The van der Waals surface area contributed by atoms with Gasteiger partial charge in [0.15, 0.2) is 5.58 Å². The van der Waals surface area contributed by atoms with Crippen LogP contribution in [0.4, 0.5) is 17.1 Å². The minimum absolute atomic E-state index is 0.391. The van der Waals surface area contributed by atoms with E-state index in [-0.39, 0.29) is 0 Å². The van der Waals surface area contributed by atoms with Crippen molar-refractivity contribution in [3.05, 3.63) is 66.2 Å². The highest BCUT2D eigenvalue weighted by Crippen LogP contribution is 2.48. The molecule has 1 aliphatic heterocycles. The van der Waals surface area contributed by atoms with E-state index < -0.39 is 19.0 Å². The van der Waals surface area contributed by atoms with Crippen LogP contribution in [0.25, 0.3) is 21.9 Å². The standard InChI is InChI=1S/C24H24N2O/c1-15(2)25-17(4)26(21-11-7-6-10-20(21)25)23-16(3)13-14-19-18-9-5-8-12-22(18)27-24(19)23/h5-15,17H,1-4H3/t17-/m0/s1/i1D3,15D/t15?,17-. The van der Waals surface area contributed by atoms with Crippen molar-refractivity contribution < 1.29 is 9.90 Å². The van der Waals surface area contributed by atoms with E-state index in [0.29, 0.717) is 0 Å². The first kappa shape index (κ1) is 12.4. The maximum atomic E-state index is 8.81. The van der Waals surface area contributed by atoms with E-state index in [1.165, 1.54) is 6.92 Å². The summed E-state index contributed by atoms with van der Waals surface area (Å²) in [7, 11) is 0. The molecule has 3 heteroatoms. The molecule has 27 heavy (non-hydrogen) atoms. The van der Waals surface area contributed by atoms with Gasteiger partial charge in [-0.2, -0.15) is 0 Å². The molecule has 0 bridgehead atoms. The SMILES string of the molecule is [2H]C([2H])([2H])C([2H])(C)N1c2ccccc2N(c2c(C)ccc3c2oc2ccccc23)[C@H]1C. The average molecular weight is 360 g/mol. The van der Waals surface area contributed by atoms with Gasteiger partial charge in [0.05, 0.1) is 18.4 Å². The Balaban J connectivity index is 1.79. The van der Waals surface area contributed by atoms with Gasteiger partial charge in [-0.25, -0.2) is 0 Å². The van der Waals surface area contributed by atoms with Crippen molar-refractivity contribution in [3.8, 4) is 0 Å². The van der Waals surface area contributed by atoms with Crippen molar-refractivity contribution in [1.82, 2.24) is 0 Å². The molecule has 4 aromatic rings. The minimum atomic E-state index is -2.48. The van der Waals surface area contributed by atoms with Gasteiger partial charge < -0.3 is 14.2 Å². The van der Waals surface area contributed by atoms with Gasteiger partial charge in [-0.05, 0) is 51.4 Å². The molecular formula is C24H24N2O. The largest absolute Gasteiger partial charge is 0.454 e. The van der Waals surface area contributed by atoms with Crippen LogP contribution in [0.5, 0.6) is 0 Å². The highest BCUT2D eigenvalue weighted by atomic mass is 16.3. The summed E-state index contributed by atoms with van der Waals surface area (Å²) >= 11 is 0. The lowest BCUT2D eigenvalue weighted by molar-refractivity contribution is 0.603. The lowest BCUT2D eigenvalue weighted by Gasteiger charge is -2.33. The van der Waals surface area contributed by atoms with Crippen LogP contribution in [0.15, 0.2) is 65.1 Å². The second-order valence-corrected chi connectivity index (χ2v) is 7.15. The van der Waals surface area contributed by atoms with Crippen molar-refractivity contribution in [1.29, 1.82) is 0 Å². The molecular weight excluding hydrogens is 332 g/mol. The molecule has 0 radical (unpaired) electrons. The summed E-state index contributed by atoms with van der Waals surface area (Å²) in [5.41, 5.74) is 5.11. The Hall–Kier alpha value is -2.94. The molecule has 3 aromatic carbocycles. The molecule has 0 aliphatic carbocycles. The summed E-state index contributed by atoms with van der Waals surface area (Å²) in [4.78, 5) is 3.80. The molecule has 1 aliphatic rings. The number of benzene rings is 3. The van der Waals surface area contributed by atoms with Gasteiger partial charge in [0.1, 0.15) is 11.7 Å². The first-order valence-electron chi connectivity index (χ1n) is 11.2. The van der Waals surface area contributed by atoms with Crippen LogP contribution in [-0.4, -0.2) is 12.2 Å². The monoisotopic (exact) mass is 360 g/mol. The van der Waals surface area contributed by atoms with E-state index in [4.69, 9.17) is 9.90 Å². The highest BCUT2D eigenvalue weighted by Gasteiger charge is 2.37. The van der Waals surface area contributed by atoms with Gasteiger partial charge in [-0.1, -0.05) is 42.5 Å². The molecule has 3 nitrogen and oxygen atoms in total. The number of fused-ring (bicyclic) bond motifs is 4. The fourth-order valence-corrected chi connectivity index (χ4v) is 4.33. The summed E-state index contributed by atoms with van der Waals surface area (Å²) < 4.78 is 39.2. The van der Waals surface area contributed by atoms with Crippen LogP contribution in [-0.2, 0) is 0 Å². The fraction of sp³-hybridized carbons (Fsp3) is 0.250. The first-order chi connectivity index (χ1) is 14.6. The number of para-hydroxylation sites is 3. The zero-order chi connectivity index (χ0) is 22.1. The van der Waals surface area contributed by atoms with E-state index in [1.54, 1.807) is 4.90 Å². The molecule has 0 amide bonds. The molecule has 1 aromatic heterocycles. The molecule has 5 rings (SSSR count). The van der Waals surface area contributed by atoms with Gasteiger partial charge in [0.25, 0.3) is 0 Å². The third-order valence-electron chi connectivity index (χ3n) is 5.47. The minimum Gasteiger partial charge on any atom is -0.454 e. The smallest absolute Gasteiger partial charge is 0.159 e. The van der Waals surface area contributed by atoms with Gasteiger partial charge in [-0.3, -0.25) is 0 Å². The second kappa shape index (κ2) is 5.78. The van der Waals surface area contributed by atoms with Crippen molar-refractivity contribution >= 4 is 39.0 Å². The fourth-order valence-electron chi connectivity index (χ4n) is 4.33. The molecule has 0 fully saturated rings. The third-order valence-corrected chi connectivity index (χ3v) is 5.47. The summed E-state index contributed by atoms with van der Waals surface area (Å²) in [6, 6.07) is 18.0. The number of nitrogens with zero attached hydrogens (tertiary/aromatic N) is 2. The Morgan fingerprint density at radius 2 is 1.74 bits per heavy atom. The molecule has 136 valence electrons. The summed E-state index contributed by atoms with van der Waals surface area (Å²) in [6.07, 6.45) is -0.391. The zero-order valence-electron chi connectivity index (χ0n) is 19.7. The maximum Gasteiger partial charge on any atom is 0.159 e. The number of hydrogen-bond acceptors (Lipinski definition) is 3. The van der Waals surface area contributed by atoms with Crippen molar-refractivity contribution in [2.75, 3.05) is 9.80 Å². The molecule has 1 unspecified atom stereocenters. The third kappa shape index (κ3) is 2.21. The van der Waals surface area contributed by atoms with Crippen molar-refractivity contribution in [2.45, 2.75) is 39.8 Å². The number of furan rings is 1. The maximum absolute atomic E-state index is 8.81. The Bertz CT molecular complexity index is 1310. The van der Waals surface area contributed by atoms with E-state index in [0.717, 1.165) is 44.6 Å². The molecule has 2 heterocycles. The predicted octanol–water partition coefficient (Wildman–Crippen LogP) is 6.61. The number of rotatable bonds is 2. The topological polar surface area (TPSA) is 19.6 Å². The second-order valence-electron chi connectivity index (χ2n) is 7.15. The molecule has 0 saturated heterocycles. The number of anilines is 3. The molecule has 2 atom stereocenters. The molecule has 0 spiro atoms. The van der Waals surface area contributed by atoms with E-state index >= 15 is 0 Å². The van der Waals surface area contributed by atoms with Crippen molar-refractivity contribution in [3.63, 3.8) is 0 Å². The van der Waals surface area contributed by atoms with Crippen LogP contribution < -0.4 is 9.80 Å². The lowest BCUT2D eigenvalue weighted by Crippen LogP contribution is -2.42. The Morgan fingerprint density at radius 1 is 1.00 bits per heavy atom. The molecule has 0 saturated carbocycles. The Labute approximate surface area is 165 Å². The number of aryl methyl sites for hydroxylation is 1. The van der Waals surface area contributed by atoms with Crippen LogP contribution in [0.1, 0.15) is 31.7 Å². The van der Waals surface area contributed by atoms with Gasteiger partial charge in [0, 0.05) is 20.9 Å². The van der Waals surface area contributed by atoms with Crippen LogP contribution in [0.2, 0.25) is 0 Å². The van der Waals surface area contributed by atoms with E-state index in [2.05, 4.69) is 17.0 Å². The van der Waals surface area contributed by atoms with E-state index in [1.807, 2.05) is 62.4 Å². The van der Waals surface area contributed by atoms with Crippen LogP contribution in [0, 0.1) is 6.92 Å². The molecule has 0 N–H and O–H groups in total. The van der Waals surface area contributed by atoms with Crippen LogP contribution >= 0.6 is 0 Å². The number of hydrogen-bond donors (Lipinski definition) is 0. The van der Waals surface area contributed by atoms with Crippen molar-refractivity contribution in [2.24, 2.45) is 0 Å². The Kier molecular flexibility index (Phi) is 2.67. The average Bonchev–Trinajstić information content (AvgIpc) is 3.22. The summed E-state index contributed by atoms with van der Waals surface area (Å²) in [5, 5.41) is 2.06. The predicted molar refractivity (Wildman–Crippen MR) is 114 cm³/mol. The first-order valence-corrected chi connectivity index (χ1v) is 9.21. The lowest BCUT2D eigenvalue weighted by atomic mass is 10.1. The summed E-state index contributed by atoms with van der Waals surface area (Å²) in [6.45, 7) is 2.96. The van der Waals surface area contributed by atoms with Gasteiger partial charge in [0.2, 0.25) is 0 Å². The van der Waals surface area contributed by atoms with Gasteiger partial charge in [-0.15, -0.1) is 0 Å². The van der Waals surface area contributed by atoms with Gasteiger partial charge >= 0.3 is 0 Å². The Morgan fingerprint density at radius 3 is 2.56 bits per heavy atom.